The molecular weight excluding hydrogens is 254 g/mol. The molecule has 0 bridgehead atoms. The summed E-state index contributed by atoms with van der Waals surface area (Å²) >= 11 is 0. The number of amides is 1. The van der Waals surface area contributed by atoms with Gasteiger partial charge in [0.25, 0.3) is 5.91 Å². The minimum absolute atomic E-state index is 0.0815. The Labute approximate surface area is 117 Å². The lowest BCUT2D eigenvalue weighted by atomic mass is 10.1. The maximum atomic E-state index is 11.3. The van der Waals surface area contributed by atoms with E-state index in [4.69, 9.17) is 16.2 Å². The molecule has 0 unspecified atom stereocenters. The van der Waals surface area contributed by atoms with E-state index in [9.17, 15) is 4.79 Å². The van der Waals surface area contributed by atoms with E-state index in [2.05, 4.69) is 4.98 Å². The number of carbonyl (C=O) groups is 1. The standard InChI is InChI=1S/C15H17N3O2/c1-2-12(16)13-8-7-10(9-18-13)20-14-6-4-3-5-11(14)15(17)19/h3-9,12H,2,16H2,1H3,(H2,17,19)/t12-/m1/s1. The first-order chi connectivity index (χ1) is 9.61. The van der Waals surface area contributed by atoms with Gasteiger partial charge in [0.2, 0.25) is 0 Å². The summed E-state index contributed by atoms with van der Waals surface area (Å²) in [6.45, 7) is 2.00. The summed E-state index contributed by atoms with van der Waals surface area (Å²) < 4.78 is 5.64. The lowest BCUT2D eigenvalue weighted by Gasteiger charge is -2.11. The minimum Gasteiger partial charge on any atom is -0.455 e. The van der Waals surface area contributed by atoms with Crippen LogP contribution in [0, 0.1) is 0 Å². The highest BCUT2D eigenvalue weighted by Crippen LogP contribution is 2.25. The van der Waals surface area contributed by atoms with Crippen LogP contribution in [0.5, 0.6) is 11.5 Å². The van der Waals surface area contributed by atoms with Gasteiger partial charge in [-0.2, -0.15) is 0 Å². The van der Waals surface area contributed by atoms with Crippen LogP contribution < -0.4 is 16.2 Å². The normalized spacial score (nSPS) is 11.9. The Morgan fingerprint density at radius 2 is 2.05 bits per heavy atom. The van der Waals surface area contributed by atoms with E-state index >= 15 is 0 Å². The number of aromatic nitrogens is 1. The lowest BCUT2D eigenvalue weighted by Crippen LogP contribution is -2.12. The van der Waals surface area contributed by atoms with Crippen LogP contribution in [0.15, 0.2) is 42.6 Å². The third-order valence-corrected chi connectivity index (χ3v) is 2.96. The van der Waals surface area contributed by atoms with Crippen molar-refractivity contribution in [2.24, 2.45) is 11.5 Å². The molecular formula is C15H17N3O2. The van der Waals surface area contributed by atoms with E-state index in [1.54, 1.807) is 36.5 Å². The number of rotatable bonds is 5. The number of pyridine rings is 1. The predicted molar refractivity (Wildman–Crippen MR) is 76.5 cm³/mol. The largest absolute Gasteiger partial charge is 0.455 e. The number of nitrogens with two attached hydrogens (primary N) is 2. The molecule has 20 heavy (non-hydrogen) atoms. The number of para-hydroxylation sites is 1. The molecule has 0 saturated heterocycles. The van der Waals surface area contributed by atoms with Crippen LogP contribution in [0.4, 0.5) is 0 Å². The summed E-state index contributed by atoms with van der Waals surface area (Å²) in [6.07, 6.45) is 2.40. The molecule has 0 saturated carbocycles. The molecule has 1 atom stereocenters. The number of carbonyl (C=O) groups excluding carboxylic acids is 1. The van der Waals surface area contributed by atoms with Crippen LogP contribution in [0.3, 0.4) is 0 Å². The van der Waals surface area contributed by atoms with Gasteiger partial charge in [0.15, 0.2) is 0 Å². The van der Waals surface area contributed by atoms with Crippen molar-refractivity contribution in [2.75, 3.05) is 0 Å². The van der Waals surface area contributed by atoms with E-state index in [1.165, 1.54) is 0 Å². The second-order valence-corrected chi connectivity index (χ2v) is 4.40. The zero-order valence-corrected chi connectivity index (χ0v) is 11.2. The molecule has 2 rings (SSSR count). The molecule has 4 N–H and O–H groups in total. The van der Waals surface area contributed by atoms with E-state index in [1.807, 2.05) is 13.0 Å². The average Bonchev–Trinajstić information content (AvgIpc) is 2.47. The van der Waals surface area contributed by atoms with E-state index < -0.39 is 5.91 Å². The van der Waals surface area contributed by atoms with Crippen LogP contribution in [-0.2, 0) is 0 Å². The van der Waals surface area contributed by atoms with E-state index in [0.29, 0.717) is 17.1 Å². The molecule has 0 fully saturated rings. The SMILES string of the molecule is CC[C@@H](N)c1ccc(Oc2ccccc2C(N)=O)cn1. The Bertz CT molecular complexity index is 596. The zero-order chi connectivity index (χ0) is 14.5. The quantitative estimate of drug-likeness (QED) is 0.873. The van der Waals surface area contributed by atoms with Crippen molar-refractivity contribution in [1.82, 2.24) is 4.98 Å². The summed E-state index contributed by atoms with van der Waals surface area (Å²) in [5, 5.41) is 0. The van der Waals surface area contributed by atoms with Gasteiger partial charge in [-0.25, -0.2) is 0 Å². The topological polar surface area (TPSA) is 91.2 Å². The summed E-state index contributed by atoms with van der Waals surface area (Å²) in [5.74, 6) is 0.415. The first-order valence-corrected chi connectivity index (χ1v) is 6.40. The highest BCUT2D eigenvalue weighted by molar-refractivity contribution is 5.95. The Morgan fingerprint density at radius 1 is 1.30 bits per heavy atom. The Kier molecular flexibility index (Phi) is 4.32. The average molecular weight is 271 g/mol. The predicted octanol–water partition coefficient (Wildman–Crippen LogP) is 2.38. The smallest absolute Gasteiger partial charge is 0.252 e. The van der Waals surface area contributed by atoms with Gasteiger partial charge in [-0.15, -0.1) is 0 Å². The fraction of sp³-hybridized carbons (Fsp3) is 0.200. The first-order valence-electron chi connectivity index (χ1n) is 6.40. The molecule has 2 aromatic rings. The van der Waals surface area contributed by atoms with Gasteiger partial charge in [-0.05, 0) is 30.7 Å². The fourth-order valence-corrected chi connectivity index (χ4v) is 1.77. The zero-order valence-electron chi connectivity index (χ0n) is 11.2. The van der Waals surface area contributed by atoms with Crippen molar-refractivity contribution in [2.45, 2.75) is 19.4 Å². The molecule has 0 spiro atoms. The second-order valence-electron chi connectivity index (χ2n) is 4.40. The van der Waals surface area contributed by atoms with Crippen LogP contribution in [-0.4, -0.2) is 10.9 Å². The molecule has 0 aliphatic carbocycles. The number of ether oxygens (including phenoxy) is 1. The van der Waals surface area contributed by atoms with Crippen molar-refractivity contribution >= 4 is 5.91 Å². The highest BCUT2D eigenvalue weighted by atomic mass is 16.5. The lowest BCUT2D eigenvalue weighted by molar-refractivity contribution is 0.0998. The first kappa shape index (κ1) is 14.0. The van der Waals surface area contributed by atoms with Gasteiger partial charge in [0, 0.05) is 6.04 Å². The molecule has 1 amide bonds. The van der Waals surface area contributed by atoms with Crippen molar-refractivity contribution in [3.63, 3.8) is 0 Å². The molecule has 5 heteroatoms. The fourth-order valence-electron chi connectivity index (χ4n) is 1.77. The third-order valence-electron chi connectivity index (χ3n) is 2.96. The summed E-state index contributed by atoms with van der Waals surface area (Å²) in [6, 6.07) is 10.3. The Morgan fingerprint density at radius 3 is 2.65 bits per heavy atom. The molecule has 5 nitrogen and oxygen atoms in total. The molecule has 104 valence electrons. The van der Waals surface area contributed by atoms with Gasteiger partial charge in [-0.3, -0.25) is 9.78 Å². The molecule has 0 aliphatic heterocycles. The number of primary amides is 1. The number of nitrogens with zero attached hydrogens (tertiary/aromatic N) is 1. The summed E-state index contributed by atoms with van der Waals surface area (Å²) in [7, 11) is 0. The maximum Gasteiger partial charge on any atom is 0.252 e. The van der Waals surface area contributed by atoms with Crippen molar-refractivity contribution in [3.8, 4) is 11.5 Å². The van der Waals surface area contributed by atoms with E-state index in [0.717, 1.165) is 12.1 Å². The van der Waals surface area contributed by atoms with Gasteiger partial charge < -0.3 is 16.2 Å². The van der Waals surface area contributed by atoms with Crippen LogP contribution in [0.1, 0.15) is 35.4 Å². The highest BCUT2D eigenvalue weighted by Gasteiger charge is 2.10. The van der Waals surface area contributed by atoms with Crippen molar-refractivity contribution in [1.29, 1.82) is 0 Å². The molecule has 1 heterocycles. The van der Waals surface area contributed by atoms with E-state index in [-0.39, 0.29) is 6.04 Å². The molecule has 0 aliphatic rings. The van der Waals surface area contributed by atoms with Gasteiger partial charge in [-0.1, -0.05) is 19.1 Å². The van der Waals surface area contributed by atoms with Crippen molar-refractivity contribution in [3.05, 3.63) is 53.9 Å². The minimum atomic E-state index is -0.529. The van der Waals surface area contributed by atoms with Gasteiger partial charge >= 0.3 is 0 Å². The van der Waals surface area contributed by atoms with Gasteiger partial charge in [0.1, 0.15) is 11.5 Å². The van der Waals surface area contributed by atoms with Crippen LogP contribution >= 0.6 is 0 Å². The summed E-state index contributed by atoms with van der Waals surface area (Å²) in [5.41, 5.74) is 12.3. The Hall–Kier alpha value is -2.40. The molecule has 1 aromatic carbocycles. The molecule has 0 radical (unpaired) electrons. The maximum absolute atomic E-state index is 11.3. The third kappa shape index (κ3) is 3.13. The van der Waals surface area contributed by atoms with Crippen LogP contribution in [0.2, 0.25) is 0 Å². The number of benzene rings is 1. The monoisotopic (exact) mass is 271 g/mol. The van der Waals surface area contributed by atoms with Crippen molar-refractivity contribution < 1.29 is 9.53 Å². The number of hydrogen-bond donors (Lipinski definition) is 2. The summed E-state index contributed by atoms with van der Waals surface area (Å²) in [4.78, 5) is 15.6. The molecule has 1 aromatic heterocycles. The van der Waals surface area contributed by atoms with Crippen LogP contribution in [0.25, 0.3) is 0 Å². The van der Waals surface area contributed by atoms with Gasteiger partial charge in [0.05, 0.1) is 17.5 Å². The number of hydrogen-bond acceptors (Lipinski definition) is 4. The second kappa shape index (κ2) is 6.16. The Balaban J connectivity index is 2.20.